The fraction of sp³-hybridized carbons (Fsp3) is 0.462. The highest BCUT2D eigenvalue weighted by Crippen LogP contribution is 2.32. The standard InChI is InChI=1S/C26H33NO7/c1-17-11-21(28)23(24(29)31-5)22(12-17)33-16-19-13-20(32-15-18-9-7-6-8-10-18)14-27(19)25(30)34-26(2,3)4/h6-12,19-20,28H,13-16H2,1-5H3/t19-,20+/m1/s1. The van der Waals surface area contributed by atoms with E-state index in [2.05, 4.69) is 0 Å². The molecule has 8 nitrogen and oxygen atoms in total. The molecule has 2 atom stereocenters. The smallest absolute Gasteiger partial charge is 0.410 e. The van der Waals surface area contributed by atoms with Crippen molar-refractivity contribution in [3.05, 3.63) is 59.2 Å². The van der Waals surface area contributed by atoms with Crippen LogP contribution in [-0.4, -0.2) is 60.1 Å². The Morgan fingerprint density at radius 3 is 2.50 bits per heavy atom. The monoisotopic (exact) mass is 471 g/mol. The molecule has 3 rings (SSSR count). The minimum Gasteiger partial charge on any atom is -0.507 e. The summed E-state index contributed by atoms with van der Waals surface area (Å²) >= 11 is 0. The number of aromatic hydroxyl groups is 1. The summed E-state index contributed by atoms with van der Waals surface area (Å²) in [6, 6.07) is 12.6. The van der Waals surface area contributed by atoms with Gasteiger partial charge in [0, 0.05) is 0 Å². The SMILES string of the molecule is COC(=O)c1c(O)cc(C)cc1OC[C@H]1C[C@H](OCc2ccccc2)CN1C(=O)OC(C)(C)C. The van der Waals surface area contributed by atoms with Crippen LogP contribution in [0.25, 0.3) is 0 Å². The van der Waals surface area contributed by atoms with E-state index >= 15 is 0 Å². The number of phenols is 1. The maximum absolute atomic E-state index is 12.9. The van der Waals surface area contributed by atoms with Gasteiger partial charge in [-0.05, 0) is 57.4 Å². The number of methoxy groups -OCH3 is 1. The first-order chi connectivity index (χ1) is 16.1. The first kappa shape index (κ1) is 25.4. The van der Waals surface area contributed by atoms with E-state index in [0.29, 0.717) is 19.6 Å². The highest BCUT2D eigenvalue weighted by molar-refractivity contribution is 5.95. The van der Waals surface area contributed by atoms with Crippen LogP contribution in [0.4, 0.5) is 4.79 Å². The summed E-state index contributed by atoms with van der Waals surface area (Å²) in [5, 5.41) is 10.3. The Hall–Kier alpha value is -3.26. The molecule has 0 aromatic heterocycles. The van der Waals surface area contributed by atoms with Gasteiger partial charge in [0.25, 0.3) is 0 Å². The fourth-order valence-electron chi connectivity index (χ4n) is 3.83. The molecule has 2 aromatic carbocycles. The Morgan fingerprint density at radius 1 is 1.15 bits per heavy atom. The van der Waals surface area contributed by atoms with Gasteiger partial charge >= 0.3 is 12.1 Å². The Kier molecular flexibility index (Phi) is 8.04. The van der Waals surface area contributed by atoms with Gasteiger partial charge in [-0.2, -0.15) is 0 Å². The minimum absolute atomic E-state index is 0.0493. The number of rotatable bonds is 7. The van der Waals surface area contributed by atoms with E-state index in [1.165, 1.54) is 13.2 Å². The van der Waals surface area contributed by atoms with Gasteiger partial charge in [-0.3, -0.25) is 4.90 Å². The molecule has 34 heavy (non-hydrogen) atoms. The van der Waals surface area contributed by atoms with Gasteiger partial charge in [0.05, 0.1) is 32.4 Å². The molecule has 1 amide bonds. The quantitative estimate of drug-likeness (QED) is 0.596. The molecule has 2 aromatic rings. The Morgan fingerprint density at radius 2 is 1.85 bits per heavy atom. The van der Waals surface area contributed by atoms with Crippen LogP contribution in [0.1, 0.15) is 48.7 Å². The van der Waals surface area contributed by atoms with Crippen LogP contribution >= 0.6 is 0 Å². The predicted molar refractivity (Wildman–Crippen MR) is 126 cm³/mol. The number of aryl methyl sites for hydroxylation is 1. The number of carbonyl (C=O) groups is 2. The highest BCUT2D eigenvalue weighted by Gasteiger charge is 2.39. The van der Waals surface area contributed by atoms with Gasteiger partial charge in [0.15, 0.2) is 0 Å². The Bertz CT molecular complexity index is 1000. The molecule has 0 spiro atoms. The second kappa shape index (κ2) is 10.8. The number of nitrogens with zero attached hydrogens (tertiary/aromatic N) is 1. The summed E-state index contributed by atoms with van der Waals surface area (Å²) in [6.45, 7) is 8.11. The highest BCUT2D eigenvalue weighted by atomic mass is 16.6. The zero-order valence-corrected chi connectivity index (χ0v) is 20.4. The maximum Gasteiger partial charge on any atom is 0.410 e. The van der Waals surface area contributed by atoms with Gasteiger partial charge in [-0.25, -0.2) is 9.59 Å². The minimum atomic E-state index is -0.702. The van der Waals surface area contributed by atoms with E-state index < -0.39 is 17.7 Å². The summed E-state index contributed by atoms with van der Waals surface area (Å²) in [6.07, 6.45) is -0.114. The van der Waals surface area contributed by atoms with Crippen LogP contribution < -0.4 is 4.74 Å². The predicted octanol–water partition coefficient (Wildman–Crippen LogP) is 4.46. The number of benzene rings is 2. The summed E-state index contributed by atoms with van der Waals surface area (Å²) < 4.78 is 22.4. The zero-order valence-electron chi connectivity index (χ0n) is 20.4. The molecule has 8 heteroatoms. The number of hydrogen-bond donors (Lipinski definition) is 1. The number of ether oxygens (including phenoxy) is 4. The third-order valence-electron chi connectivity index (χ3n) is 5.38. The number of likely N-dealkylation sites (tertiary alicyclic amines) is 1. The Balaban J connectivity index is 1.75. The molecule has 0 bridgehead atoms. The van der Waals surface area contributed by atoms with Crippen molar-refractivity contribution in [2.24, 2.45) is 0 Å². The van der Waals surface area contributed by atoms with Gasteiger partial charge in [0.2, 0.25) is 0 Å². The van der Waals surface area contributed by atoms with E-state index in [9.17, 15) is 14.7 Å². The average molecular weight is 472 g/mol. The van der Waals surface area contributed by atoms with Crippen molar-refractivity contribution in [2.45, 2.75) is 58.5 Å². The van der Waals surface area contributed by atoms with Crippen molar-refractivity contribution in [3.63, 3.8) is 0 Å². The zero-order chi connectivity index (χ0) is 24.9. The number of esters is 1. The fourth-order valence-corrected chi connectivity index (χ4v) is 3.83. The molecular formula is C26H33NO7. The molecule has 1 aliphatic heterocycles. The lowest BCUT2D eigenvalue weighted by atomic mass is 10.1. The van der Waals surface area contributed by atoms with E-state index in [1.54, 1.807) is 17.9 Å². The van der Waals surface area contributed by atoms with Crippen molar-refractivity contribution >= 4 is 12.1 Å². The topological polar surface area (TPSA) is 94.5 Å². The summed E-state index contributed by atoms with van der Waals surface area (Å²) in [5.41, 5.74) is 1.07. The van der Waals surface area contributed by atoms with Crippen LogP contribution in [0.2, 0.25) is 0 Å². The van der Waals surface area contributed by atoms with Gasteiger partial charge < -0.3 is 24.1 Å². The second-order valence-corrected chi connectivity index (χ2v) is 9.40. The van der Waals surface area contributed by atoms with Crippen LogP contribution in [0, 0.1) is 6.92 Å². The lowest BCUT2D eigenvalue weighted by Gasteiger charge is -2.28. The summed E-state index contributed by atoms with van der Waals surface area (Å²) in [7, 11) is 1.24. The van der Waals surface area contributed by atoms with Crippen molar-refractivity contribution < 1.29 is 33.6 Å². The lowest BCUT2D eigenvalue weighted by Crippen LogP contribution is -2.42. The molecule has 1 fully saturated rings. The third-order valence-corrected chi connectivity index (χ3v) is 5.38. The van der Waals surface area contributed by atoms with E-state index in [-0.39, 0.29) is 35.8 Å². The number of hydrogen-bond acceptors (Lipinski definition) is 7. The molecular weight excluding hydrogens is 438 g/mol. The van der Waals surface area contributed by atoms with Crippen molar-refractivity contribution in [1.82, 2.24) is 4.90 Å². The molecule has 1 saturated heterocycles. The molecule has 184 valence electrons. The molecule has 0 saturated carbocycles. The molecule has 1 heterocycles. The number of carbonyl (C=O) groups excluding carboxylic acids is 2. The number of amides is 1. The lowest BCUT2D eigenvalue weighted by molar-refractivity contribution is 0.0126. The normalized spacial score (nSPS) is 18.0. The van der Waals surface area contributed by atoms with Crippen LogP contribution in [0.5, 0.6) is 11.5 Å². The Labute approximate surface area is 200 Å². The first-order valence-corrected chi connectivity index (χ1v) is 11.3. The molecule has 0 aliphatic carbocycles. The van der Waals surface area contributed by atoms with E-state index in [1.807, 2.05) is 51.1 Å². The molecule has 1 N–H and O–H groups in total. The third kappa shape index (κ3) is 6.63. The van der Waals surface area contributed by atoms with Gasteiger partial charge in [0.1, 0.15) is 29.3 Å². The van der Waals surface area contributed by atoms with E-state index in [4.69, 9.17) is 18.9 Å². The van der Waals surface area contributed by atoms with Gasteiger partial charge in [-0.1, -0.05) is 30.3 Å². The second-order valence-electron chi connectivity index (χ2n) is 9.40. The van der Waals surface area contributed by atoms with Crippen molar-refractivity contribution in [3.8, 4) is 11.5 Å². The molecule has 0 unspecified atom stereocenters. The molecule has 1 aliphatic rings. The molecule has 0 radical (unpaired) electrons. The van der Waals surface area contributed by atoms with Crippen LogP contribution in [-0.2, 0) is 20.8 Å². The van der Waals surface area contributed by atoms with Crippen LogP contribution in [0.15, 0.2) is 42.5 Å². The first-order valence-electron chi connectivity index (χ1n) is 11.3. The summed E-state index contributed by atoms with van der Waals surface area (Å²) in [4.78, 5) is 26.7. The van der Waals surface area contributed by atoms with Crippen molar-refractivity contribution in [2.75, 3.05) is 20.3 Å². The van der Waals surface area contributed by atoms with E-state index in [0.717, 1.165) is 11.1 Å². The van der Waals surface area contributed by atoms with Crippen LogP contribution in [0.3, 0.4) is 0 Å². The largest absolute Gasteiger partial charge is 0.507 e. The van der Waals surface area contributed by atoms with Crippen molar-refractivity contribution in [1.29, 1.82) is 0 Å². The maximum atomic E-state index is 12.9. The summed E-state index contributed by atoms with van der Waals surface area (Å²) in [5.74, 6) is -0.726. The average Bonchev–Trinajstić information content (AvgIpc) is 3.18. The number of phenolic OH excluding ortho intramolecular Hbond substituents is 1. The van der Waals surface area contributed by atoms with Gasteiger partial charge in [-0.15, -0.1) is 0 Å².